The number of rotatable bonds is 4. The van der Waals surface area contributed by atoms with Crippen molar-refractivity contribution >= 4 is 45.3 Å². The van der Waals surface area contributed by atoms with Crippen molar-refractivity contribution in [2.75, 3.05) is 17.2 Å². The molecule has 0 radical (unpaired) electrons. The number of fused-ring (bicyclic) bond motifs is 1. The van der Waals surface area contributed by atoms with Gasteiger partial charge in [-0.3, -0.25) is 14.9 Å². The topological polar surface area (TPSA) is 98.1 Å². The van der Waals surface area contributed by atoms with Crippen LogP contribution >= 0.6 is 22.7 Å². The molecule has 0 spiro atoms. The quantitative estimate of drug-likeness (QED) is 0.504. The van der Waals surface area contributed by atoms with E-state index in [1.54, 1.807) is 6.07 Å². The third-order valence-corrected chi connectivity index (χ3v) is 6.38. The first-order valence-corrected chi connectivity index (χ1v) is 10.7. The van der Waals surface area contributed by atoms with Crippen LogP contribution in [0.3, 0.4) is 0 Å². The number of amides is 2. The molecule has 30 heavy (non-hydrogen) atoms. The molecule has 10 heteroatoms. The summed E-state index contributed by atoms with van der Waals surface area (Å²) >= 11 is 2.66. The molecule has 3 aromatic heterocycles. The number of aromatic nitrogens is 3. The number of carbonyl (C=O) groups excluding carboxylic acids is 2. The lowest BCUT2D eigenvalue weighted by molar-refractivity contribution is -0.118. The fourth-order valence-electron chi connectivity index (χ4n) is 3.03. The second kappa shape index (κ2) is 7.39. The average Bonchev–Trinajstić information content (AvgIpc) is 3.48. The zero-order chi connectivity index (χ0) is 20.7. The number of benzene rings is 1. The molecule has 0 unspecified atom stereocenters. The molecule has 0 atom stereocenters. The van der Waals surface area contributed by atoms with Gasteiger partial charge in [0.05, 0.1) is 17.1 Å². The molecule has 1 aliphatic heterocycles. The number of nitrogens with zero attached hydrogens (tertiary/aromatic N) is 3. The maximum atomic E-state index is 12.7. The number of aryl methyl sites for hydroxylation is 1. The summed E-state index contributed by atoms with van der Waals surface area (Å²) in [4.78, 5) is 33.8. The Bertz CT molecular complexity index is 1260. The normalized spacial score (nSPS) is 12.8. The van der Waals surface area contributed by atoms with Crippen LogP contribution in [0.1, 0.15) is 15.4 Å². The highest BCUT2D eigenvalue weighted by Crippen LogP contribution is 2.34. The standard InChI is InChI=1S/C20H15N5O3S2/c1-11-17(30-20(21-11)25-6-2-3-7-25)18(27)24-19-23-14(10-29-19)12-4-5-15-13(8-12)22-16(26)9-28-15/h2-8,10H,9H2,1H3,(H,22,26)(H,23,24,27). The minimum absolute atomic E-state index is 0.0161. The second-order valence-electron chi connectivity index (χ2n) is 6.54. The summed E-state index contributed by atoms with van der Waals surface area (Å²) in [5.41, 5.74) is 2.80. The summed E-state index contributed by atoms with van der Waals surface area (Å²) in [6, 6.07) is 9.29. The number of anilines is 2. The van der Waals surface area contributed by atoms with Crippen LogP contribution in [0.2, 0.25) is 0 Å². The molecule has 0 aliphatic carbocycles. The summed E-state index contributed by atoms with van der Waals surface area (Å²) in [6.07, 6.45) is 3.78. The lowest BCUT2D eigenvalue weighted by Crippen LogP contribution is -2.25. The van der Waals surface area contributed by atoms with Gasteiger partial charge in [-0.05, 0) is 37.3 Å². The fourth-order valence-corrected chi connectivity index (χ4v) is 4.67. The predicted octanol–water partition coefficient (Wildman–Crippen LogP) is 3.95. The zero-order valence-corrected chi connectivity index (χ0v) is 17.3. The van der Waals surface area contributed by atoms with Crippen LogP contribution in [0.15, 0.2) is 48.1 Å². The summed E-state index contributed by atoms with van der Waals surface area (Å²) in [5, 5.41) is 8.72. The van der Waals surface area contributed by atoms with Gasteiger partial charge in [-0.25, -0.2) is 9.97 Å². The van der Waals surface area contributed by atoms with Crippen molar-refractivity contribution in [1.82, 2.24) is 14.5 Å². The smallest absolute Gasteiger partial charge is 0.269 e. The highest BCUT2D eigenvalue weighted by molar-refractivity contribution is 7.16. The SMILES string of the molecule is Cc1nc(-n2cccc2)sc1C(=O)Nc1nc(-c2ccc3c(c2)NC(=O)CO3)cs1. The number of thiazole rings is 2. The summed E-state index contributed by atoms with van der Waals surface area (Å²) in [7, 11) is 0. The highest BCUT2D eigenvalue weighted by atomic mass is 32.1. The Balaban J connectivity index is 1.35. The van der Waals surface area contributed by atoms with Crippen LogP contribution in [0.4, 0.5) is 10.8 Å². The largest absolute Gasteiger partial charge is 0.482 e. The molecule has 8 nitrogen and oxygen atoms in total. The lowest BCUT2D eigenvalue weighted by atomic mass is 10.1. The molecule has 2 N–H and O–H groups in total. The molecule has 0 saturated heterocycles. The average molecular weight is 438 g/mol. The summed E-state index contributed by atoms with van der Waals surface area (Å²) in [5.74, 6) is 0.196. The summed E-state index contributed by atoms with van der Waals surface area (Å²) in [6.45, 7) is 1.83. The van der Waals surface area contributed by atoms with Gasteiger partial charge in [0.25, 0.3) is 11.8 Å². The van der Waals surface area contributed by atoms with Crippen molar-refractivity contribution in [1.29, 1.82) is 0 Å². The Labute approximate surface area is 179 Å². The van der Waals surface area contributed by atoms with Gasteiger partial charge >= 0.3 is 0 Å². The van der Waals surface area contributed by atoms with Crippen LogP contribution in [0.5, 0.6) is 5.75 Å². The van der Waals surface area contributed by atoms with Crippen LogP contribution in [-0.4, -0.2) is 33.0 Å². The molecule has 5 rings (SSSR count). The van der Waals surface area contributed by atoms with Gasteiger partial charge in [0.1, 0.15) is 10.6 Å². The van der Waals surface area contributed by atoms with Crippen LogP contribution in [-0.2, 0) is 4.79 Å². The summed E-state index contributed by atoms with van der Waals surface area (Å²) < 4.78 is 7.25. The van der Waals surface area contributed by atoms with E-state index in [0.29, 0.717) is 32.8 Å². The van der Waals surface area contributed by atoms with Crippen molar-refractivity contribution in [2.45, 2.75) is 6.92 Å². The van der Waals surface area contributed by atoms with Crippen LogP contribution in [0.25, 0.3) is 16.4 Å². The highest BCUT2D eigenvalue weighted by Gasteiger charge is 2.19. The van der Waals surface area contributed by atoms with Gasteiger partial charge in [0.2, 0.25) is 0 Å². The molecule has 4 heterocycles. The lowest BCUT2D eigenvalue weighted by Gasteiger charge is -2.18. The van der Waals surface area contributed by atoms with Gasteiger partial charge in [-0.1, -0.05) is 11.3 Å². The molecule has 150 valence electrons. The van der Waals surface area contributed by atoms with Crippen molar-refractivity contribution in [3.8, 4) is 22.1 Å². The van der Waals surface area contributed by atoms with E-state index in [4.69, 9.17) is 4.74 Å². The first kappa shape index (κ1) is 18.5. The van der Waals surface area contributed by atoms with Gasteiger partial charge < -0.3 is 14.6 Å². The van der Waals surface area contributed by atoms with E-state index in [9.17, 15) is 9.59 Å². The Morgan fingerprint density at radius 3 is 2.93 bits per heavy atom. The van der Waals surface area contributed by atoms with E-state index < -0.39 is 0 Å². The van der Waals surface area contributed by atoms with Gasteiger partial charge in [-0.2, -0.15) is 0 Å². The Morgan fingerprint density at radius 1 is 1.27 bits per heavy atom. The molecule has 1 aliphatic rings. The first-order chi connectivity index (χ1) is 14.6. The third kappa shape index (κ3) is 3.46. The molecule has 1 aromatic carbocycles. The number of ether oxygens (including phenoxy) is 1. The van der Waals surface area contributed by atoms with Gasteiger partial charge in [0, 0.05) is 23.3 Å². The van der Waals surface area contributed by atoms with E-state index in [0.717, 1.165) is 10.7 Å². The molecule has 2 amide bonds. The van der Waals surface area contributed by atoms with Crippen molar-refractivity contribution in [2.24, 2.45) is 0 Å². The molecule has 0 bridgehead atoms. The Hall–Kier alpha value is -3.50. The van der Waals surface area contributed by atoms with Crippen LogP contribution < -0.4 is 15.4 Å². The molecule has 0 fully saturated rings. The Kier molecular flexibility index (Phi) is 4.57. The molecular formula is C20H15N5O3S2. The number of hydrogen-bond donors (Lipinski definition) is 2. The zero-order valence-electron chi connectivity index (χ0n) is 15.7. The Morgan fingerprint density at radius 2 is 2.10 bits per heavy atom. The van der Waals surface area contributed by atoms with Gasteiger partial charge in [0.15, 0.2) is 16.9 Å². The van der Waals surface area contributed by atoms with Crippen molar-refractivity contribution in [3.63, 3.8) is 0 Å². The second-order valence-corrected chi connectivity index (χ2v) is 8.38. The van der Waals surface area contributed by atoms with E-state index in [2.05, 4.69) is 20.6 Å². The molecular weight excluding hydrogens is 422 g/mol. The van der Waals surface area contributed by atoms with E-state index in [1.807, 2.05) is 53.5 Å². The predicted molar refractivity (Wildman–Crippen MR) is 116 cm³/mol. The fraction of sp³-hybridized carbons (Fsp3) is 0.100. The monoisotopic (exact) mass is 437 g/mol. The van der Waals surface area contributed by atoms with E-state index in [-0.39, 0.29) is 18.4 Å². The minimum Gasteiger partial charge on any atom is -0.482 e. The number of carbonyl (C=O) groups is 2. The maximum absolute atomic E-state index is 12.7. The van der Waals surface area contributed by atoms with E-state index in [1.165, 1.54) is 22.7 Å². The minimum atomic E-state index is -0.240. The van der Waals surface area contributed by atoms with Crippen molar-refractivity contribution in [3.05, 3.63) is 58.7 Å². The van der Waals surface area contributed by atoms with E-state index >= 15 is 0 Å². The number of nitrogens with one attached hydrogen (secondary N) is 2. The first-order valence-electron chi connectivity index (χ1n) is 9.01. The third-order valence-electron chi connectivity index (χ3n) is 4.45. The van der Waals surface area contributed by atoms with Crippen LogP contribution in [0, 0.1) is 6.92 Å². The molecule has 4 aromatic rings. The number of hydrogen-bond acceptors (Lipinski definition) is 7. The van der Waals surface area contributed by atoms with Gasteiger partial charge in [-0.15, -0.1) is 11.3 Å². The maximum Gasteiger partial charge on any atom is 0.269 e. The molecule has 0 saturated carbocycles. The van der Waals surface area contributed by atoms with Crippen molar-refractivity contribution < 1.29 is 14.3 Å².